The summed E-state index contributed by atoms with van der Waals surface area (Å²) in [5.74, 6) is -0.313. The van der Waals surface area contributed by atoms with Gasteiger partial charge in [0.2, 0.25) is 0 Å². The summed E-state index contributed by atoms with van der Waals surface area (Å²) in [4.78, 5) is 21.2. The molecular weight excluding hydrogens is 338 g/mol. The summed E-state index contributed by atoms with van der Waals surface area (Å²) < 4.78 is 7.21. The van der Waals surface area contributed by atoms with Crippen molar-refractivity contribution in [2.75, 3.05) is 14.2 Å². The minimum Gasteiger partial charge on any atom is -0.465 e. The van der Waals surface area contributed by atoms with E-state index in [1.165, 1.54) is 18.1 Å². The van der Waals surface area contributed by atoms with E-state index in [1.54, 1.807) is 6.20 Å². The monoisotopic (exact) mass is 365 g/mol. The second-order valence-electron chi connectivity index (χ2n) is 6.74. The zero-order valence-electron chi connectivity index (χ0n) is 16.4. The Hall–Kier alpha value is -2.69. The van der Waals surface area contributed by atoms with Crippen LogP contribution >= 0.6 is 0 Å². The molecule has 0 fully saturated rings. The van der Waals surface area contributed by atoms with Crippen LogP contribution in [-0.4, -0.2) is 36.1 Å². The van der Waals surface area contributed by atoms with Gasteiger partial charge in [-0.05, 0) is 43.4 Å². The van der Waals surface area contributed by atoms with Gasteiger partial charge in [0.15, 0.2) is 0 Å². The molecule has 0 saturated heterocycles. The van der Waals surface area contributed by atoms with Crippen LogP contribution in [0.15, 0.2) is 41.0 Å². The number of aromatic nitrogens is 1. The highest BCUT2D eigenvalue weighted by atomic mass is 16.5. The van der Waals surface area contributed by atoms with Crippen molar-refractivity contribution in [2.45, 2.75) is 45.6 Å². The summed E-state index contributed by atoms with van der Waals surface area (Å²) in [6.07, 6.45) is 6.66. The minimum absolute atomic E-state index is 0.313. The highest BCUT2D eigenvalue weighted by Gasteiger charge is 2.26. The largest absolute Gasteiger partial charge is 0.465 e. The highest BCUT2D eigenvalue weighted by molar-refractivity contribution is 6.49. The van der Waals surface area contributed by atoms with Gasteiger partial charge in [0.25, 0.3) is 0 Å². The van der Waals surface area contributed by atoms with E-state index >= 15 is 0 Å². The van der Waals surface area contributed by atoms with Crippen molar-refractivity contribution in [1.29, 1.82) is 0 Å². The number of benzene rings is 1. The first kappa shape index (κ1) is 19.1. The third-order valence-electron chi connectivity index (χ3n) is 5.15. The smallest absolute Gasteiger partial charge is 0.337 e. The average molecular weight is 365 g/mol. The molecule has 142 valence electrons. The van der Waals surface area contributed by atoms with Crippen molar-refractivity contribution in [3.05, 3.63) is 47.8 Å². The van der Waals surface area contributed by atoms with Crippen LogP contribution in [0.25, 0.3) is 10.9 Å². The quantitative estimate of drug-likeness (QED) is 0.729. The van der Waals surface area contributed by atoms with E-state index in [9.17, 15) is 4.79 Å². The SMILES string of the molecule is C=CN=C1C(=NC)CCCn2c1c(CCCC)c1ccc(C(=O)OC)cc12. The normalized spacial score (nSPS) is 17.1. The summed E-state index contributed by atoms with van der Waals surface area (Å²) in [6.45, 7) is 6.88. The summed E-state index contributed by atoms with van der Waals surface area (Å²) in [5.41, 5.74) is 5.97. The molecule has 0 spiro atoms. The first-order valence-electron chi connectivity index (χ1n) is 9.54. The van der Waals surface area contributed by atoms with Crippen LogP contribution in [0.1, 0.15) is 54.2 Å². The van der Waals surface area contributed by atoms with Gasteiger partial charge < -0.3 is 9.30 Å². The maximum atomic E-state index is 12.0. The first-order valence-corrected chi connectivity index (χ1v) is 9.54. The summed E-state index contributed by atoms with van der Waals surface area (Å²) in [7, 11) is 3.24. The molecule has 1 aromatic carbocycles. The van der Waals surface area contributed by atoms with E-state index < -0.39 is 0 Å². The number of aliphatic imine (C=N–C) groups is 2. The number of rotatable bonds is 5. The van der Waals surface area contributed by atoms with Crippen molar-refractivity contribution >= 4 is 28.3 Å². The number of fused-ring (bicyclic) bond motifs is 3. The van der Waals surface area contributed by atoms with Crippen molar-refractivity contribution in [2.24, 2.45) is 9.98 Å². The molecule has 0 saturated carbocycles. The van der Waals surface area contributed by atoms with Crippen LogP contribution in [0.3, 0.4) is 0 Å². The van der Waals surface area contributed by atoms with Gasteiger partial charge in [0.1, 0.15) is 5.71 Å². The minimum atomic E-state index is -0.313. The molecule has 0 aliphatic carbocycles. The van der Waals surface area contributed by atoms with Crippen molar-refractivity contribution in [3.63, 3.8) is 0 Å². The third kappa shape index (κ3) is 3.46. The fraction of sp³-hybridized carbons (Fsp3) is 0.409. The second-order valence-corrected chi connectivity index (χ2v) is 6.74. The van der Waals surface area contributed by atoms with Gasteiger partial charge in [-0.2, -0.15) is 0 Å². The molecule has 27 heavy (non-hydrogen) atoms. The molecule has 1 aromatic heterocycles. The fourth-order valence-electron chi connectivity index (χ4n) is 3.88. The molecule has 0 bridgehead atoms. The molecule has 5 nitrogen and oxygen atoms in total. The Morgan fingerprint density at radius 3 is 2.89 bits per heavy atom. The van der Waals surface area contributed by atoms with Crippen LogP contribution in [0, 0.1) is 0 Å². The fourth-order valence-corrected chi connectivity index (χ4v) is 3.88. The zero-order chi connectivity index (χ0) is 19.4. The molecule has 2 heterocycles. The average Bonchev–Trinajstić information content (AvgIpc) is 2.87. The molecule has 0 N–H and O–H groups in total. The Balaban J connectivity index is 2.34. The zero-order valence-corrected chi connectivity index (χ0v) is 16.4. The lowest BCUT2D eigenvalue weighted by Crippen LogP contribution is -2.17. The summed E-state index contributed by atoms with van der Waals surface area (Å²) in [6, 6.07) is 5.84. The second kappa shape index (κ2) is 8.33. The predicted octanol–water partition coefficient (Wildman–Crippen LogP) is 4.57. The Bertz CT molecular complexity index is 935. The van der Waals surface area contributed by atoms with E-state index in [4.69, 9.17) is 4.74 Å². The van der Waals surface area contributed by atoms with Crippen molar-refractivity contribution < 1.29 is 9.53 Å². The lowest BCUT2D eigenvalue weighted by molar-refractivity contribution is 0.0601. The van der Waals surface area contributed by atoms with Gasteiger partial charge in [-0.25, -0.2) is 4.79 Å². The highest BCUT2D eigenvalue weighted by Crippen LogP contribution is 2.32. The predicted molar refractivity (Wildman–Crippen MR) is 111 cm³/mol. The van der Waals surface area contributed by atoms with Crippen LogP contribution in [0.4, 0.5) is 0 Å². The molecule has 1 aliphatic rings. The van der Waals surface area contributed by atoms with E-state index in [0.29, 0.717) is 5.56 Å². The first-order chi connectivity index (χ1) is 13.2. The molecule has 2 aromatic rings. The van der Waals surface area contributed by atoms with Crippen LogP contribution in [0.2, 0.25) is 0 Å². The van der Waals surface area contributed by atoms with Gasteiger partial charge >= 0.3 is 5.97 Å². The summed E-state index contributed by atoms with van der Waals surface area (Å²) >= 11 is 0. The number of carbonyl (C=O) groups excluding carboxylic acids is 1. The molecule has 0 unspecified atom stereocenters. The van der Waals surface area contributed by atoms with Gasteiger partial charge in [-0.1, -0.05) is 26.0 Å². The van der Waals surface area contributed by atoms with E-state index in [0.717, 1.165) is 61.3 Å². The number of unbranched alkanes of at least 4 members (excludes halogenated alkanes) is 1. The topological polar surface area (TPSA) is 56.0 Å². The Kier molecular flexibility index (Phi) is 5.89. The molecule has 0 atom stereocenters. The number of methoxy groups -OCH3 is 1. The molecule has 1 aliphatic heterocycles. The van der Waals surface area contributed by atoms with E-state index in [1.807, 2.05) is 25.2 Å². The standard InChI is InChI=1S/C22H27N3O2/c1-5-7-9-17-16-12-11-15(22(26)27-4)14-19(16)25-13-8-10-18(23-3)20(21(17)25)24-6-2/h6,11-12,14H,2,5,7-10,13H2,1,3-4H3. The molecule has 0 radical (unpaired) electrons. The van der Waals surface area contributed by atoms with Gasteiger partial charge in [0, 0.05) is 30.7 Å². The lowest BCUT2D eigenvalue weighted by atomic mass is 9.99. The number of nitrogens with zero attached hydrogens (tertiary/aromatic N) is 3. The maximum Gasteiger partial charge on any atom is 0.337 e. The van der Waals surface area contributed by atoms with Crippen molar-refractivity contribution in [3.8, 4) is 0 Å². The molecule has 0 amide bonds. The number of aryl methyl sites for hydroxylation is 2. The van der Waals surface area contributed by atoms with E-state index in [-0.39, 0.29) is 5.97 Å². The van der Waals surface area contributed by atoms with Crippen LogP contribution in [0.5, 0.6) is 0 Å². The Morgan fingerprint density at radius 2 is 2.22 bits per heavy atom. The van der Waals surface area contributed by atoms with Gasteiger partial charge in [-0.3, -0.25) is 9.98 Å². The Morgan fingerprint density at radius 1 is 1.41 bits per heavy atom. The molecule has 5 heteroatoms. The summed E-state index contributed by atoms with van der Waals surface area (Å²) in [5, 5.41) is 1.18. The number of hydrogen-bond acceptors (Lipinski definition) is 4. The van der Waals surface area contributed by atoms with Crippen molar-refractivity contribution in [1.82, 2.24) is 4.57 Å². The van der Waals surface area contributed by atoms with Gasteiger partial charge in [-0.15, -0.1) is 0 Å². The molecular formula is C22H27N3O2. The van der Waals surface area contributed by atoms with E-state index in [2.05, 4.69) is 28.1 Å². The molecule has 3 rings (SSSR count). The number of esters is 1. The van der Waals surface area contributed by atoms with Crippen LogP contribution < -0.4 is 0 Å². The maximum absolute atomic E-state index is 12.0. The van der Waals surface area contributed by atoms with Gasteiger partial charge in [0.05, 0.1) is 24.1 Å². The third-order valence-corrected chi connectivity index (χ3v) is 5.15. The Labute approximate surface area is 160 Å². The number of ether oxygens (including phenoxy) is 1. The number of hydrogen-bond donors (Lipinski definition) is 0. The van der Waals surface area contributed by atoms with Crippen LogP contribution in [-0.2, 0) is 17.7 Å². The lowest BCUT2D eigenvalue weighted by Gasteiger charge is -2.10. The number of carbonyl (C=O) groups is 1.